The molecule has 1 saturated heterocycles. The molecule has 1 aliphatic heterocycles. The predicted octanol–water partition coefficient (Wildman–Crippen LogP) is 2.63. The van der Waals surface area contributed by atoms with Crippen molar-refractivity contribution in [1.82, 2.24) is 30.4 Å². The molecule has 33 heavy (non-hydrogen) atoms. The van der Waals surface area contributed by atoms with E-state index in [0.29, 0.717) is 36.0 Å². The summed E-state index contributed by atoms with van der Waals surface area (Å²) in [6.45, 7) is 1.98. The van der Waals surface area contributed by atoms with E-state index in [2.05, 4.69) is 31.0 Å². The van der Waals surface area contributed by atoms with Crippen LogP contribution >= 0.6 is 0 Å². The van der Waals surface area contributed by atoms with Crippen molar-refractivity contribution < 1.29 is 13.9 Å². The predicted molar refractivity (Wildman–Crippen MR) is 122 cm³/mol. The number of aryl methyl sites for hydroxylation is 2. The number of hydrogen-bond acceptors (Lipinski definition) is 7. The molecule has 0 radical (unpaired) electrons. The van der Waals surface area contributed by atoms with Crippen molar-refractivity contribution in [2.24, 2.45) is 0 Å². The minimum absolute atomic E-state index is 0.0476. The molecule has 2 aromatic heterocycles. The number of anilines is 2. The maximum Gasteiger partial charge on any atom is 0.251 e. The van der Waals surface area contributed by atoms with Gasteiger partial charge in [-0.3, -0.25) is 9.48 Å². The summed E-state index contributed by atoms with van der Waals surface area (Å²) in [5.74, 6) is -0.244. The Kier molecular flexibility index (Phi) is 7.13. The monoisotopic (exact) mass is 453 g/mol. The van der Waals surface area contributed by atoms with Crippen molar-refractivity contribution in [3.8, 4) is 5.75 Å². The molecule has 0 bridgehead atoms. The zero-order valence-electron chi connectivity index (χ0n) is 18.8. The highest BCUT2D eigenvalue weighted by atomic mass is 19.1. The van der Waals surface area contributed by atoms with Crippen molar-refractivity contribution in [3.63, 3.8) is 0 Å². The van der Waals surface area contributed by atoms with Gasteiger partial charge in [-0.25, -0.2) is 14.4 Å². The van der Waals surface area contributed by atoms with E-state index in [4.69, 9.17) is 4.74 Å². The van der Waals surface area contributed by atoms with Crippen LogP contribution in [0.1, 0.15) is 40.4 Å². The minimum atomic E-state index is -0.463. The van der Waals surface area contributed by atoms with Gasteiger partial charge in [0.15, 0.2) is 11.6 Å². The maximum absolute atomic E-state index is 14.7. The largest absolute Gasteiger partial charge is 0.494 e. The number of nitrogens with zero attached hydrogens (tertiary/aromatic N) is 4. The molecule has 1 fully saturated rings. The van der Waals surface area contributed by atoms with E-state index in [9.17, 15) is 9.18 Å². The highest BCUT2D eigenvalue weighted by molar-refractivity contribution is 5.94. The summed E-state index contributed by atoms with van der Waals surface area (Å²) in [7, 11) is 2.91. The van der Waals surface area contributed by atoms with Gasteiger partial charge < -0.3 is 20.7 Å². The zero-order chi connectivity index (χ0) is 23.2. The van der Waals surface area contributed by atoms with Gasteiger partial charge in [0.25, 0.3) is 5.91 Å². The molecule has 1 aliphatic rings. The molecule has 174 valence electrons. The van der Waals surface area contributed by atoms with Gasteiger partial charge >= 0.3 is 0 Å². The molecule has 4 rings (SSSR count). The third-order valence-corrected chi connectivity index (χ3v) is 5.71. The van der Waals surface area contributed by atoms with Crippen LogP contribution in [0.15, 0.2) is 36.9 Å². The molecule has 1 atom stereocenters. The average Bonchev–Trinajstić information content (AvgIpc) is 3.33. The van der Waals surface area contributed by atoms with E-state index in [1.165, 1.54) is 20.2 Å². The molecule has 9 nitrogen and oxygen atoms in total. The fourth-order valence-electron chi connectivity index (χ4n) is 3.88. The number of aromatic nitrogens is 4. The summed E-state index contributed by atoms with van der Waals surface area (Å²) in [4.78, 5) is 20.7. The third-order valence-electron chi connectivity index (χ3n) is 5.71. The fraction of sp³-hybridized carbons (Fsp3) is 0.391. The number of carbonyl (C=O) groups excluding carboxylic acids is 1. The summed E-state index contributed by atoms with van der Waals surface area (Å²) < 4.78 is 21.7. The number of methoxy groups -OCH3 is 1. The van der Waals surface area contributed by atoms with Gasteiger partial charge in [0.05, 0.1) is 25.0 Å². The lowest BCUT2D eigenvalue weighted by Crippen LogP contribution is -2.31. The number of amides is 1. The topological polar surface area (TPSA) is 106 Å². The van der Waals surface area contributed by atoms with Crippen molar-refractivity contribution in [1.29, 1.82) is 0 Å². The summed E-state index contributed by atoms with van der Waals surface area (Å²) in [5, 5.41) is 13.6. The quantitative estimate of drug-likeness (QED) is 0.481. The number of carbonyl (C=O) groups is 1. The average molecular weight is 454 g/mol. The Balaban J connectivity index is 1.38. The summed E-state index contributed by atoms with van der Waals surface area (Å²) in [6.07, 6.45) is 10.3. The number of nitrogens with one attached hydrogen (secondary N) is 3. The molecule has 0 saturated carbocycles. The molecule has 3 aromatic rings. The van der Waals surface area contributed by atoms with Crippen LogP contribution in [-0.4, -0.2) is 52.9 Å². The number of hydrogen-bond donors (Lipinski definition) is 3. The second-order valence-corrected chi connectivity index (χ2v) is 7.98. The lowest BCUT2D eigenvalue weighted by Gasteiger charge is -2.22. The van der Waals surface area contributed by atoms with Gasteiger partial charge in [0.2, 0.25) is 5.95 Å². The number of benzene rings is 1. The first-order chi connectivity index (χ1) is 16.1. The van der Waals surface area contributed by atoms with Gasteiger partial charge in [-0.15, -0.1) is 0 Å². The number of piperidine rings is 1. The van der Waals surface area contributed by atoms with Crippen molar-refractivity contribution in [2.45, 2.75) is 31.7 Å². The SMILES string of the molecule is CNC(=O)c1cc(CCc2cnc(Nc3cnn([C@@H]4CCCNC4)c3)nc2)c(F)c(OC)c1. The Morgan fingerprint density at radius 1 is 1.27 bits per heavy atom. The first-order valence-electron chi connectivity index (χ1n) is 11.0. The van der Waals surface area contributed by atoms with Crippen LogP contribution in [-0.2, 0) is 12.8 Å². The van der Waals surface area contributed by atoms with E-state index in [0.717, 1.165) is 37.2 Å². The molecular weight excluding hydrogens is 425 g/mol. The van der Waals surface area contributed by atoms with Crippen molar-refractivity contribution in [3.05, 3.63) is 59.4 Å². The number of halogens is 1. The van der Waals surface area contributed by atoms with Gasteiger partial charge in [-0.2, -0.15) is 5.10 Å². The molecule has 0 aliphatic carbocycles. The first kappa shape index (κ1) is 22.7. The minimum Gasteiger partial charge on any atom is -0.494 e. The Hall–Kier alpha value is -3.53. The van der Waals surface area contributed by atoms with Crippen LogP contribution in [0.4, 0.5) is 16.0 Å². The van der Waals surface area contributed by atoms with Gasteiger partial charge in [-0.1, -0.05) is 0 Å². The van der Waals surface area contributed by atoms with Crippen LogP contribution in [0, 0.1) is 5.82 Å². The summed E-state index contributed by atoms with van der Waals surface area (Å²) in [5.41, 5.74) is 2.44. The van der Waals surface area contributed by atoms with E-state index in [1.807, 2.05) is 10.9 Å². The second-order valence-electron chi connectivity index (χ2n) is 7.98. The van der Waals surface area contributed by atoms with Gasteiger partial charge in [0, 0.05) is 37.7 Å². The molecule has 3 heterocycles. The fourth-order valence-corrected chi connectivity index (χ4v) is 3.88. The van der Waals surface area contributed by atoms with E-state index >= 15 is 0 Å². The molecule has 10 heteroatoms. The normalized spacial score (nSPS) is 15.8. The molecule has 0 unspecified atom stereocenters. The van der Waals surface area contributed by atoms with Crippen LogP contribution in [0.25, 0.3) is 0 Å². The number of ether oxygens (including phenoxy) is 1. The second kappa shape index (κ2) is 10.4. The number of rotatable bonds is 8. The van der Waals surface area contributed by atoms with Gasteiger partial charge in [0.1, 0.15) is 0 Å². The molecule has 1 amide bonds. The first-order valence-corrected chi connectivity index (χ1v) is 11.0. The van der Waals surface area contributed by atoms with Crippen LogP contribution in [0.3, 0.4) is 0 Å². The third kappa shape index (κ3) is 5.46. The Bertz CT molecular complexity index is 1090. The highest BCUT2D eigenvalue weighted by Crippen LogP contribution is 2.24. The zero-order valence-corrected chi connectivity index (χ0v) is 18.8. The van der Waals surface area contributed by atoms with Crippen LogP contribution in [0.2, 0.25) is 0 Å². The van der Waals surface area contributed by atoms with Gasteiger partial charge in [-0.05, 0) is 55.5 Å². The van der Waals surface area contributed by atoms with Crippen molar-refractivity contribution >= 4 is 17.5 Å². The Labute approximate surface area is 191 Å². The standard InChI is InChI=1S/C23H28FN7O2/c1-25-22(32)17-8-16(21(24)20(9-17)33-2)6-5-15-10-27-23(28-11-15)30-18-12-29-31(14-18)19-4-3-7-26-13-19/h8-12,14,19,26H,3-7,13H2,1-2H3,(H,25,32)(H,27,28,30)/t19-/m1/s1. The summed E-state index contributed by atoms with van der Waals surface area (Å²) in [6, 6.07) is 3.31. The Morgan fingerprint density at radius 3 is 2.79 bits per heavy atom. The molecule has 0 spiro atoms. The van der Waals surface area contributed by atoms with E-state index < -0.39 is 5.82 Å². The van der Waals surface area contributed by atoms with Crippen LogP contribution < -0.4 is 20.7 Å². The maximum atomic E-state index is 14.7. The molecular formula is C23H28FN7O2. The Morgan fingerprint density at radius 2 is 2.09 bits per heavy atom. The highest BCUT2D eigenvalue weighted by Gasteiger charge is 2.17. The van der Waals surface area contributed by atoms with E-state index in [1.54, 1.807) is 24.7 Å². The smallest absolute Gasteiger partial charge is 0.251 e. The lowest BCUT2D eigenvalue weighted by molar-refractivity contribution is 0.0962. The molecule has 3 N–H and O–H groups in total. The molecule has 1 aromatic carbocycles. The summed E-state index contributed by atoms with van der Waals surface area (Å²) >= 11 is 0. The lowest BCUT2D eigenvalue weighted by atomic mass is 10.0. The van der Waals surface area contributed by atoms with Crippen LogP contribution in [0.5, 0.6) is 5.75 Å². The van der Waals surface area contributed by atoms with E-state index in [-0.39, 0.29) is 11.7 Å². The van der Waals surface area contributed by atoms with Crippen molar-refractivity contribution in [2.75, 3.05) is 32.6 Å².